The first-order valence-electron chi connectivity index (χ1n) is 23.1. The van der Waals surface area contributed by atoms with Crippen molar-refractivity contribution in [3.63, 3.8) is 0 Å². The van der Waals surface area contributed by atoms with E-state index in [1.807, 2.05) is 0 Å². The SMILES string of the molecule is CC1(C)c2cc(-c3ccc4c(c3)C3(c5ccccc5-4)c4ccccc4N(c4ccccc4)c4ccccc43)ccc2-c2ccc(N(c3ccccc3)c3ccc(-c4ccccc4)cc3)cc21. The third kappa shape index (κ3) is 5.55. The van der Waals surface area contributed by atoms with Crippen LogP contribution in [0.15, 0.2) is 243 Å². The molecular weight excluding hydrogens is 797 g/mol. The molecule has 3 aliphatic rings. The molecule has 0 aromatic heterocycles. The average molecular weight is 843 g/mol. The predicted molar refractivity (Wildman–Crippen MR) is 275 cm³/mol. The molecule has 13 rings (SSSR count). The zero-order valence-corrected chi connectivity index (χ0v) is 37.0. The number of hydrogen-bond acceptors (Lipinski definition) is 2. The zero-order chi connectivity index (χ0) is 44.0. The minimum atomic E-state index is -0.504. The van der Waals surface area contributed by atoms with E-state index in [2.05, 4.69) is 266 Å². The number of fused-ring (bicyclic) bond motifs is 12. The minimum Gasteiger partial charge on any atom is -0.310 e. The van der Waals surface area contributed by atoms with Crippen molar-refractivity contribution in [2.45, 2.75) is 24.7 Å². The van der Waals surface area contributed by atoms with Gasteiger partial charge in [-0.25, -0.2) is 0 Å². The third-order valence-electron chi connectivity index (χ3n) is 14.7. The Morgan fingerprint density at radius 2 is 0.727 bits per heavy atom. The molecule has 10 aromatic rings. The molecule has 0 saturated carbocycles. The Labute approximate surface area is 387 Å². The van der Waals surface area contributed by atoms with Crippen LogP contribution in [0.3, 0.4) is 0 Å². The molecule has 0 radical (unpaired) electrons. The highest BCUT2D eigenvalue weighted by atomic mass is 15.2. The fourth-order valence-electron chi connectivity index (χ4n) is 11.6. The van der Waals surface area contributed by atoms with Gasteiger partial charge in [0.2, 0.25) is 0 Å². The zero-order valence-electron chi connectivity index (χ0n) is 37.0. The molecule has 0 bridgehead atoms. The lowest BCUT2D eigenvalue weighted by Gasteiger charge is -2.45. The summed E-state index contributed by atoms with van der Waals surface area (Å²) in [6.07, 6.45) is 0. The van der Waals surface area contributed by atoms with Crippen LogP contribution in [-0.2, 0) is 10.8 Å². The van der Waals surface area contributed by atoms with Crippen LogP contribution in [0, 0.1) is 0 Å². The Hall–Kier alpha value is -8.20. The van der Waals surface area contributed by atoms with Gasteiger partial charge in [-0.3, -0.25) is 0 Å². The monoisotopic (exact) mass is 842 g/mol. The Morgan fingerprint density at radius 1 is 0.303 bits per heavy atom. The van der Waals surface area contributed by atoms with Gasteiger partial charge in [0.1, 0.15) is 0 Å². The van der Waals surface area contributed by atoms with Gasteiger partial charge in [-0.2, -0.15) is 0 Å². The maximum absolute atomic E-state index is 2.51. The van der Waals surface area contributed by atoms with Crippen LogP contribution in [0.4, 0.5) is 34.1 Å². The summed E-state index contributed by atoms with van der Waals surface area (Å²) < 4.78 is 0. The molecule has 0 unspecified atom stereocenters. The maximum atomic E-state index is 2.51. The van der Waals surface area contributed by atoms with Crippen molar-refractivity contribution in [2.75, 3.05) is 9.80 Å². The third-order valence-corrected chi connectivity index (χ3v) is 14.7. The Morgan fingerprint density at radius 3 is 1.38 bits per heavy atom. The minimum absolute atomic E-state index is 0.230. The highest BCUT2D eigenvalue weighted by molar-refractivity contribution is 5.97. The van der Waals surface area contributed by atoms with E-state index in [1.54, 1.807) is 0 Å². The van der Waals surface area contributed by atoms with E-state index in [4.69, 9.17) is 0 Å². The quantitative estimate of drug-likeness (QED) is 0.165. The van der Waals surface area contributed by atoms with Gasteiger partial charge in [0.15, 0.2) is 0 Å². The van der Waals surface area contributed by atoms with Crippen molar-refractivity contribution in [3.8, 4) is 44.5 Å². The molecule has 0 fully saturated rings. The van der Waals surface area contributed by atoms with Crippen molar-refractivity contribution in [2.24, 2.45) is 0 Å². The molecule has 1 spiro atoms. The summed E-state index contributed by atoms with van der Waals surface area (Å²) in [5, 5.41) is 0. The van der Waals surface area contributed by atoms with Crippen LogP contribution in [0.25, 0.3) is 44.5 Å². The van der Waals surface area contributed by atoms with Gasteiger partial charge in [-0.05, 0) is 151 Å². The fourth-order valence-corrected chi connectivity index (χ4v) is 11.6. The lowest BCUT2D eigenvalue weighted by atomic mass is 9.64. The largest absolute Gasteiger partial charge is 0.310 e. The highest BCUT2D eigenvalue weighted by Gasteiger charge is 2.51. The molecule has 2 nitrogen and oxygen atoms in total. The summed E-state index contributed by atoms with van der Waals surface area (Å²) in [6, 6.07) is 89.9. The van der Waals surface area contributed by atoms with Gasteiger partial charge in [-0.1, -0.05) is 184 Å². The number of hydrogen-bond donors (Lipinski definition) is 0. The average Bonchev–Trinajstić information content (AvgIpc) is 3.79. The van der Waals surface area contributed by atoms with Gasteiger partial charge in [0.05, 0.1) is 16.8 Å². The number of anilines is 6. The summed E-state index contributed by atoms with van der Waals surface area (Å²) in [5.41, 5.74) is 24.3. The van der Waals surface area contributed by atoms with E-state index < -0.39 is 5.41 Å². The Bertz CT molecular complexity index is 3450. The first kappa shape index (κ1) is 38.3. The smallest absolute Gasteiger partial charge is 0.0754 e. The molecule has 0 atom stereocenters. The second kappa shape index (κ2) is 14.7. The van der Waals surface area contributed by atoms with E-state index in [1.165, 1.54) is 89.3 Å². The van der Waals surface area contributed by atoms with Gasteiger partial charge >= 0.3 is 0 Å². The lowest BCUT2D eigenvalue weighted by Crippen LogP contribution is -2.36. The van der Waals surface area contributed by atoms with Gasteiger partial charge in [0, 0.05) is 28.2 Å². The maximum Gasteiger partial charge on any atom is 0.0754 e. The molecule has 2 aliphatic carbocycles. The Balaban J connectivity index is 0.924. The first-order valence-corrected chi connectivity index (χ1v) is 23.1. The fraction of sp³-hybridized carbons (Fsp3) is 0.0625. The number of nitrogens with zero attached hydrogens (tertiary/aromatic N) is 2. The highest BCUT2D eigenvalue weighted by Crippen LogP contribution is 2.64. The van der Waals surface area contributed by atoms with Crippen molar-refractivity contribution in [1.82, 2.24) is 0 Å². The molecule has 10 aromatic carbocycles. The normalized spacial score (nSPS) is 14.1. The molecule has 0 saturated heterocycles. The van der Waals surface area contributed by atoms with Crippen LogP contribution in [-0.4, -0.2) is 0 Å². The molecule has 0 amide bonds. The van der Waals surface area contributed by atoms with Crippen LogP contribution in [0.1, 0.15) is 47.2 Å². The summed E-state index contributed by atoms with van der Waals surface area (Å²) >= 11 is 0. The van der Waals surface area contributed by atoms with Crippen molar-refractivity contribution in [1.29, 1.82) is 0 Å². The molecule has 66 heavy (non-hydrogen) atoms. The first-order chi connectivity index (χ1) is 32.5. The van der Waals surface area contributed by atoms with E-state index in [-0.39, 0.29) is 5.41 Å². The molecule has 0 N–H and O–H groups in total. The standard InChI is InChI=1S/C64H46N2/c1-63(2)58-40-45(32-37-52(58)53-39-36-50(42-59(53)63)65(47-20-8-4-9-21-47)49-34-30-44(31-35-49)43-18-6-3-7-19-43)46-33-38-54-51-24-12-13-25-55(51)64(60(54)41-46)56-26-14-16-28-61(56)66(48-22-10-5-11-23-48)62-29-17-15-27-57(62)64/h3-42H,1-2H3. The Kier molecular flexibility index (Phi) is 8.51. The number of benzene rings is 10. The van der Waals surface area contributed by atoms with Crippen LogP contribution in [0.5, 0.6) is 0 Å². The van der Waals surface area contributed by atoms with E-state index in [0.717, 1.165) is 22.7 Å². The summed E-state index contributed by atoms with van der Waals surface area (Å²) in [5.74, 6) is 0. The molecule has 1 heterocycles. The second-order valence-electron chi connectivity index (χ2n) is 18.5. The van der Waals surface area contributed by atoms with Gasteiger partial charge in [-0.15, -0.1) is 0 Å². The molecular formula is C64H46N2. The summed E-state index contributed by atoms with van der Waals surface area (Å²) in [6.45, 7) is 4.80. The van der Waals surface area contributed by atoms with Crippen LogP contribution in [0.2, 0.25) is 0 Å². The van der Waals surface area contributed by atoms with E-state index in [0.29, 0.717) is 0 Å². The summed E-state index contributed by atoms with van der Waals surface area (Å²) in [4.78, 5) is 4.84. The summed E-state index contributed by atoms with van der Waals surface area (Å²) in [7, 11) is 0. The van der Waals surface area contributed by atoms with Crippen molar-refractivity contribution in [3.05, 3.63) is 276 Å². The number of para-hydroxylation sites is 4. The lowest BCUT2D eigenvalue weighted by molar-refractivity contribution is 0.660. The van der Waals surface area contributed by atoms with E-state index in [9.17, 15) is 0 Å². The van der Waals surface area contributed by atoms with Gasteiger partial charge < -0.3 is 9.80 Å². The topological polar surface area (TPSA) is 6.48 Å². The molecule has 312 valence electrons. The van der Waals surface area contributed by atoms with E-state index >= 15 is 0 Å². The van der Waals surface area contributed by atoms with Crippen LogP contribution >= 0.6 is 0 Å². The van der Waals surface area contributed by atoms with Crippen molar-refractivity contribution >= 4 is 34.1 Å². The van der Waals surface area contributed by atoms with Gasteiger partial charge in [0.25, 0.3) is 0 Å². The molecule has 2 heteroatoms. The molecule has 1 aliphatic heterocycles. The second-order valence-corrected chi connectivity index (χ2v) is 18.5. The number of rotatable bonds is 6. The van der Waals surface area contributed by atoms with Crippen LogP contribution < -0.4 is 9.80 Å². The predicted octanol–water partition coefficient (Wildman–Crippen LogP) is 16.9. The van der Waals surface area contributed by atoms with Crippen molar-refractivity contribution < 1.29 is 0 Å².